The Balaban J connectivity index is 1.29. The molecule has 1 aliphatic rings. The number of thiophene rings is 1. The van der Waals surface area contributed by atoms with Gasteiger partial charge in [-0.2, -0.15) is 11.3 Å². The van der Waals surface area contributed by atoms with E-state index < -0.39 is 0 Å². The molecule has 156 valence electrons. The molecule has 0 aliphatic carbocycles. The third-order valence-corrected chi connectivity index (χ3v) is 6.58. The lowest BCUT2D eigenvalue weighted by atomic mass is 9.99. The molecule has 0 saturated carbocycles. The van der Waals surface area contributed by atoms with Gasteiger partial charge in [0.15, 0.2) is 0 Å². The Bertz CT molecular complexity index is 906. The first-order valence-corrected chi connectivity index (χ1v) is 11.9. The molecule has 1 atom stereocenters. The summed E-state index contributed by atoms with van der Waals surface area (Å²) >= 11 is 1.72. The molecule has 1 saturated heterocycles. The van der Waals surface area contributed by atoms with Crippen LogP contribution in [0.4, 0.5) is 0 Å². The van der Waals surface area contributed by atoms with E-state index in [2.05, 4.69) is 75.6 Å². The highest BCUT2D eigenvalue weighted by molar-refractivity contribution is 7.08. The van der Waals surface area contributed by atoms with Crippen LogP contribution in [0.15, 0.2) is 71.4 Å². The number of aryl methyl sites for hydroxylation is 1. The third-order valence-electron chi connectivity index (χ3n) is 5.89. The zero-order valence-corrected chi connectivity index (χ0v) is 18.2. The van der Waals surface area contributed by atoms with E-state index in [9.17, 15) is 4.79 Å². The van der Waals surface area contributed by atoms with Crippen LogP contribution in [0.5, 0.6) is 0 Å². The molecular formula is C26H30N2OS. The van der Waals surface area contributed by atoms with Gasteiger partial charge in [-0.25, -0.2) is 0 Å². The van der Waals surface area contributed by atoms with Crippen molar-refractivity contribution in [3.8, 4) is 11.1 Å². The molecule has 4 heteroatoms. The van der Waals surface area contributed by atoms with E-state index in [1.54, 1.807) is 11.3 Å². The van der Waals surface area contributed by atoms with Crippen molar-refractivity contribution in [2.45, 2.75) is 44.7 Å². The van der Waals surface area contributed by atoms with Crippen LogP contribution in [0.3, 0.4) is 0 Å². The van der Waals surface area contributed by atoms with Crippen LogP contribution >= 0.6 is 11.3 Å². The normalized spacial score (nSPS) is 17.0. The summed E-state index contributed by atoms with van der Waals surface area (Å²) in [4.78, 5) is 15.2. The number of rotatable bonds is 8. The average molecular weight is 419 g/mol. The Morgan fingerprint density at radius 1 is 0.967 bits per heavy atom. The summed E-state index contributed by atoms with van der Waals surface area (Å²) in [5.74, 6) is 0.192. The van der Waals surface area contributed by atoms with Gasteiger partial charge in [0.2, 0.25) is 5.91 Å². The van der Waals surface area contributed by atoms with Gasteiger partial charge in [0, 0.05) is 13.1 Å². The highest BCUT2D eigenvalue weighted by Crippen LogP contribution is 2.24. The maximum absolute atomic E-state index is 12.9. The minimum atomic E-state index is -0.00738. The van der Waals surface area contributed by atoms with Crippen LogP contribution in [0.2, 0.25) is 0 Å². The fourth-order valence-corrected chi connectivity index (χ4v) is 4.87. The number of hydrogen-bond donors (Lipinski definition) is 1. The number of carbonyl (C=O) groups is 1. The predicted octanol–water partition coefficient (Wildman–Crippen LogP) is 5.52. The van der Waals surface area contributed by atoms with Crippen molar-refractivity contribution in [3.05, 3.63) is 82.6 Å². The number of benzene rings is 2. The minimum Gasteiger partial charge on any atom is -0.355 e. The molecule has 4 rings (SSSR count). The summed E-state index contributed by atoms with van der Waals surface area (Å²) in [7, 11) is 0. The lowest BCUT2D eigenvalue weighted by Crippen LogP contribution is -2.49. The monoisotopic (exact) mass is 418 g/mol. The van der Waals surface area contributed by atoms with Crippen molar-refractivity contribution in [2.24, 2.45) is 0 Å². The van der Waals surface area contributed by atoms with Crippen LogP contribution in [0.1, 0.15) is 36.8 Å². The van der Waals surface area contributed by atoms with Crippen molar-refractivity contribution >= 4 is 17.2 Å². The summed E-state index contributed by atoms with van der Waals surface area (Å²) in [6.07, 6.45) is 5.25. The van der Waals surface area contributed by atoms with Crippen LogP contribution < -0.4 is 5.32 Å². The van der Waals surface area contributed by atoms with Crippen molar-refractivity contribution in [3.63, 3.8) is 0 Å². The number of likely N-dealkylation sites (tertiary alicyclic amines) is 1. The van der Waals surface area contributed by atoms with E-state index in [1.165, 1.54) is 28.7 Å². The maximum Gasteiger partial charge on any atom is 0.237 e. The van der Waals surface area contributed by atoms with E-state index in [0.29, 0.717) is 0 Å². The van der Waals surface area contributed by atoms with Crippen LogP contribution in [0.25, 0.3) is 11.1 Å². The second-order valence-corrected chi connectivity index (χ2v) is 8.85. The Labute approximate surface area is 183 Å². The van der Waals surface area contributed by atoms with E-state index >= 15 is 0 Å². The lowest BCUT2D eigenvalue weighted by molar-refractivity contribution is -0.127. The van der Waals surface area contributed by atoms with Gasteiger partial charge in [-0.15, -0.1) is 0 Å². The van der Waals surface area contributed by atoms with Crippen molar-refractivity contribution in [1.29, 1.82) is 0 Å². The number of hydrogen-bond acceptors (Lipinski definition) is 3. The van der Waals surface area contributed by atoms with Crippen LogP contribution in [-0.2, 0) is 17.8 Å². The first kappa shape index (κ1) is 20.8. The topological polar surface area (TPSA) is 32.3 Å². The fraction of sp³-hybridized carbons (Fsp3) is 0.346. The second-order valence-electron chi connectivity index (χ2n) is 8.07. The van der Waals surface area contributed by atoms with Crippen LogP contribution in [0, 0.1) is 0 Å². The van der Waals surface area contributed by atoms with Gasteiger partial charge in [0.1, 0.15) is 0 Å². The van der Waals surface area contributed by atoms with Gasteiger partial charge < -0.3 is 5.32 Å². The molecule has 0 bridgehead atoms. The zero-order chi connectivity index (χ0) is 20.6. The van der Waals surface area contributed by atoms with Gasteiger partial charge in [0.05, 0.1) is 6.04 Å². The Hall–Kier alpha value is -2.43. The molecule has 1 fully saturated rings. The predicted molar refractivity (Wildman–Crippen MR) is 126 cm³/mol. The molecular weight excluding hydrogens is 388 g/mol. The molecule has 2 aromatic carbocycles. The molecule has 0 spiro atoms. The number of amides is 1. The molecule has 3 nitrogen and oxygen atoms in total. The summed E-state index contributed by atoms with van der Waals surface area (Å²) in [6.45, 7) is 2.58. The number of piperidine rings is 1. The van der Waals surface area contributed by atoms with E-state index in [0.717, 1.165) is 45.3 Å². The van der Waals surface area contributed by atoms with Crippen molar-refractivity contribution in [2.75, 3.05) is 13.1 Å². The molecule has 1 aromatic heterocycles. The maximum atomic E-state index is 12.9. The van der Waals surface area contributed by atoms with Gasteiger partial charge >= 0.3 is 0 Å². The number of nitrogens with zero attached hydrogens (tertiary/aromatic N) is 1. The summed E-state index contributed by atoms with van der Waals surface area (Å²) < 4.78 is 0. The Kier molecular flexibility index (Phi) is 7.33. The minimum absolute atomic E-state index is 0.00738. The molecule has 1 amide bonds. The van der Waals surface area contributed by atoms with E-state index in [1.807, 2.05) is 6.07 Å². The Morgan fingerprint density at radius 3 is 2.57 bits per heavy atom. The molecule has 2 heterocycles. The summed E-state index contributed by atoms with van der Waals surface area (Å²) in [5, 5.41) is 7.48. The summed E-state index contributed by atoms with van der Waals surface area (Å²) in [5.41, 5.74) is 5.14. The second kappa shape index (κ2) is 10.6. The van der Waals surface area contributed by atoms with E-state index in [-0.39, 0.29) is 11.9 Å². The highest BCUT2D eigenvalue weighted by Gasteiger charge is 2.28. The van der Waals surface area contributed by atoms with Crippen molar-refractivity contribution < 1.29 is 4.79 Å². The molecule has 3 aromatic rings. The molecule has 1 N–H and O–H groups in total. The van der Waals surface area contributed by atoms with Gasteiger partial charge in [-0.05, 0) is 71.3 Å². The standard InChI is InChI=1S/C26H30N2OS/c29-26(27-16-6-9-21-7-2-1-3-8-21)25-10-4-5-17-28(25)19-22-11-13-23(14-12-22)24-15-18-30-20-24/h1-3,7-8,11-15,18,20,25H,4-6,9-10,16-17,19H2,(H,27,29). The first-order chi connectivity index (χ1) is 14.8. The quantitative estimate of drug-likeness (QED) is 0.489. The molecule has 30 heavy (non-hydrogen) atoms. The van der Waals surface area contributed by atoms with Crippen molar-refractivity contribution in [1.82, 2.24) is 10.2 Å². The third kappa shape index (κ3) is 5.59. The van der Waals surface area contributed by atoms with Gasteiger partial charge in [-0.1, -0.05) is 61.0 Å². The number of carbonyl (C=O) groups excluding carboxylic acids is 1. The smallest absolute Gasteiger partial charge is 0.237 e. The fourth-order valence-electron chi connectivity index (χ4n) is 4.21. The number of nitrogens with one attached hydrogen (secondary N) is 1. The summed E-state index contributed by atoms with van der Waals surface area (Å²) in [6, 6.07) is 21.4. The van der Waals surface area contributed by atoms with Crippen LogP contribution in [-0.4, -0.2) is 29.9 Å². The Morgan fingerprint density at radius 2 is 1.80 bits per heavy atom. The molecule has 0 radical (unpaired) electrons. The van der Waals surface area contributed by atoms with Gasteiger partial charge in [0.25, 0.3) is 0 Å². The first-order valence-electron chi connectivity index (χ1n) is 11.0. The molecule has 1 unspecified atom stereocenters. The zero-order valence-electron chi connectivity index (χ0n) is 17.4. The average Bonchev–Trinajstić information content (AvgIpc) is 3.33. The SMILES string of the molecule is O=C(NCCCc1ccccc1)C1CCCCN1Cc1ccc(-c2ccsc2)cc1. The van der Waals surface area contributed by atoms with Gasteiger partial charge in [-0.3, -0.25) is 9.69 Å². The molecule has 1 aliphatic heterocycles. The van der Waals surface area contributed by atoms with E-state index in [4.69, 9.17) is 0 Å². The largest absolute Gasteiger partial charge is 0.355 e. The highest BCUT2D eigenvalue weighted by atomic mass is 32.1. The lowest BCUT2D eigenvalue weighted by Gasteiger charge is -2.34.